The van der Waals surface area contributed by atoms with Crippen molar-refractivity contribution < 1.29 is 4.39 Å². The zero-order valence-electron chi connectivity index (χ0n) is 10.5. The summed E-state index contributed by atoms with van der Waals surface area (Å²) in [7, 11) is 0. The normalized spacial score (nSPS) is 11.2. The summed E-state index contributed by atoms with van der Waals surface area (Å²) in [6, 6.07) is 16.6. The van der Waals surface area contributed by atoms with E-state index in [9.17, 15) is 4.39 Å². The molecule has 0 amide bonds. The van der Waals surface area contributed by atoms with Gasteiger partial charge in [-0.05, 0) is 24.3 Å². The summed E-state index contributed by atoms with van der Waals surface area (Å²) in [5.74, 6) is 0.252. The van der Waals surface area contributed by atoms with Crippen molar-refractivity contribution in [1.82, 2.24) is 15.0 Å². The molecule has 2 aromatic carbocycles. The molecule has 0 bridgehead atoms. The van der Waals surface area contributed by atoms with Crippen LogP contribution < -0.4 is 0 Å². The minimum absolute atomic E-state index is 0.328. The van der Waals surface area contributed by atoms with E-state index in [1.807, 2.05) is 36.4 Å². The standard InChI is InChI=1S/C16H10FN3/c17-11-5-3-7-13-15(11)20-16(19-13)14-9-8-10-4-1-2-6-12(10)18-14/h1-9H,(H,19,20). The summed E-state index contributed by atoms with van der Waals surface area (Å²) in [6.07, 6.45) is 0. The van der Waals surface area contributed by atoms with Gasteiger partial charge in [0.15, 0.2) is 11.6 Å². The Balaban J connectivity index is 1.94. The molecule has 3 nitrogen and oxygen atoms in total. The predicted octanol–water partition coefficient (Wildman–Crippen LogP) is 3.92. The third kappa shape index (κ3) is 1.66. The summed E-state index contributed by atoms with van der Waals surface area (Å²) in [6.45, 7) is 0. The number of halogens is 1. The number of rotatable bonds is 1. The maximum Gasteiger partial charge on any atom is 0.157 e. The lowest BCUT2D eigenvalue weighted by molar-refractivity contribution is 0.637. The second-order valence-electron chi connectivity index (χ2n) is 4.61. The minimum atomic E-state index is -0.328. The van der Waals surface area contributed by atoms with Crippen molar-refractivity contribution in [1.29, 1.82) is 0 Å². The molecular formula is C16H10FN3. The number of aromatic nitrogens is 3. The third-order valence-corrected chi connectivity index (χ3v) is 3.30. The fourth-order valence-electron chi connectivity index (χ4n) is 2.32. The second-order valence-corrected chi connectivity index (χ2v) is 4.61. The van der Waals surface area contributed by atoms with Gasteiger partial charge in [0, 0.05) is 5.39 Å². The molecule has 2 heterocycles. The Kier molecular flexibility index (Phi) is 2.29. The van der Waals surface area contributed by atoms with Crippen molar-refractivity contribution in [3.05, 3.63) is 60.4 Å². The van der Waals surface area contributed by atoms with Crippen LogP contribution >= 0.6 is 0 Å². The quantitative estimate of drug-likeness (QED) is 0.565. The van der Waals surface area contributed by atoms with Crippen molar-refractivity contribution >= 4 is 21.9 Å². The fraction of sp³-hybridized carbons (Fsp3) is 0. The molecule has 2 aromatic heterocycles. The van der Waals surface area contributed by atoms with Crippen LogP contribution in [0.15, 0.2) is 54.6 Å². The number of imidazole rings is 1. The van der Waals surface area contributed by atoms with Crippen LogP contribution in [0, 0.1) is 5.82 Å². The lowest BCUT2D eigenvalue weighted by atomic mass is 10.2. The number of hydrogen-bond acceptors (Lipinski definition) is 2. The Hall–Kier alpha value is -2.75. The molecule has 0 spiro atoms. The van der Waals surface area contributed by atoms with Gasteiger partial charge < -0.3 is 4.98 Å². The zero-order valence-corrected chi connectivity index (χ0v) is 10.5. The number of hydrogen-bond donors (Lipinski definition) is 1. The first kappa shape index (κ1) is 11.1. The molecule has 4 aromatic rings. The molecule has 1 N–H and O–H groups in total. The van der Waals surface area contributed by atoms with Crippen LogP contribution in [0.1, 0.15) is 0 Å². The molecule has 0 radical (unpaired) electrons. The molecule has 0 aliphatic carbocycles. The molecule has 20 heavy (non-hydrogen) atoms. The number of nitrogens with one attached hydrogen (secondary N) is 1. The highest BCUT2D eigenvalue weighted by atomic mass is 19.1. The van der Waals surface area contributed by atoms with Crippen LogP contribution in [0.4, 0.5) is 4.39 Å². The van der Waals surface area contributed by atoms with Crippen LogP contribution in [-0.4, -0.2) is 15.0 Å². The van der Waals surface area contributed by atoms with E-state index in [1.165, 1.54) is 6.07 Å². The molecule has 0 aliphatic heterocycles. The summed E-state index contributed by atoms with van der Waals surface area (Å²) in [5, 5.41) is 1.07. The van der Waals surface area contributed by atoms with Gasteiger partial charge >= 0.3 is 0 Å². The fourth-order valence-corrected chi connectivity index (χ4v) is 2.32. The average Bonchev–Trinajstić information content (AvgIpc) is 2.92. The van der Waals surface area contributed by atoms with E-state index in [1.54, 1.807) is 12.1 Å². The number of para-hydroxylation sites is 2. The van der Waals surface area contributed by atoms with E-state index in [0.717, 1.165) is 10.9 Å². The van der Waals surface area contributed by atoms with E-state index in [2.05, 4.69) is 15.0 Å². The lowest BCUT2D eigenvalue weighted by Crippen LogP contribution is -1.86. The number of aromatic amines is 1. The maximum absolute atomic E-state index is 13.7. The van der Waals surface area contributed by atoms with Crippen molar-refractivity contribution in [2.45, 2.75) is 0 Å². The first-order valence-electron chi connectivity index (χ1n) is 6.32. The van der Waals surface area contributed by atoms with E-state index < -0.39 is 0 Å². The highest BCUT2D eigenvalue weighted by molar-refractivity contribution is 5.83. The third-order valence-electron chi connectivity index (χ3n) is 3.30. The molecule has 0 aliphatic rings. The van der Waals surface area contributed by atoms with Gasteiger partial charge in [-0.3, -0.25) is 0 Å². The Labute approximate surface area is 114 Å². The largest absolute Gasteiger partial charge is 0.337 e. The van der Waals surface area contributed by atoms with Crippen LogP contribution in [0.3, 0.4) is 0 Å². The van der Waals surface area contributed by atoms with Crippen LogP contribution in [0.25, 0.3) is 33.5 Å². The Morgan fingerprint density at radius 2 is 1.75 bits per heavy atom. The molecule has 0 unspecified atom stereocenters. The second kappa shape index (κ2) is 4.13. The molecule has 4 heteroatoms. The number of nitrogens with zero attached hydrogens (tertiary/aromatic N) is 2. The van der Waals surface area contributed by atoms with Crippen molar-refractivity contribution in [2.75, 3.05) is 0 Å². The number of pyridine rings is 1. The van der Waals surface area contributed by atoms with Gasteiger partial charge in [-0.2, -0.15) is 0 Å². The maximum atomic E-state index is 13.7. The monoisotopic (exact) mass is 263 g/mol. The van der Waals surface area contributed by atoms with Gasteiger partial charge in [0.2, 0.25) is 0 Å². The highest BCUT2D eigenvalue weighted by Crippen LogP contribution is 2.22. The predicted molar refractivity (Wildman–Crippen MR) is 76.8 cm³/mol. The highest BCUT2D eigenvalue weighted by Gasteiger charge is 2.09. The van der Waals surface area contributed by atoms with Gasteiger partial charge in [0.25, 0.3) is 0 Å². The molecular weight excluding hydrogens is 253 g/mol. The molecule has 0 atom stereocenters. The smallest absolute Gasteiger partial charge is 0.157 e. The minimum Gasteiger partial charge on any atom is -0.337 e. The summed E-state index contributed by atoms with van der Waals surface area (Å²) in [5.41, 5.74) is 2.62. The van der Waals surface area contributed by atoms with E-state index in [0.29, 0.717) is 22.6 Å². The Morgan fingerprint density at radius 1 is 0.850 bits per heavy atom. The van der Waals surface area contributed by atoms with Gasteiger partial charge in [-0.15, -0.1) is 0 Å². The van der Waals surface area contributed by atoms with Crippen LogP contribution in [0.5, 0.6) is 0 Å². The zero-order chi connectivity index (χ0) is 13.5. The molecule has 0 fully saturated rings. The molecule has 4 rings (SSSR count). The summed E-state index contributed by atoms with van der Waals surface area (Å²) in [4.78, 5) is 12.0. The van der Waals surface area contributed by atoms with Crippen molar-refractivity contribution in [2.24, 2.45) is 0 Å². The van der Waals surface area contributed by atoms with Gasteiger partial charge in [-0.1, -0.05) is 30.3 Å². The van der Waals surface area contributed by atoms with Crippen molar-refractivity contribution in [3.63, 3.8) is 0 Å². The molecule has 0 saturated heterocycles. The SMILES string of the molecule is Fc1cccc2[nH]c(-c3ccc4ccccc4n3)nc12. The summed E-state index contributed by atoms with van der Waals surface area (Å²) < 4.78 is 13.7. The summed E-state index contributed by atoms with van der Waals surface area (Å²) >= 11 is 0. The van der Waals surface area contributed by atoms with Gasteiger partial charge in [0.05, 0.1) is 11.0 Å². The Morgan fingerprint density at radius 3 is 2.65 bits per heavy atom. The Bertz CT molecular complexity index is 927. The van der Waals surface area contributed by atoms with Gasteiger partial charge in [-0.25, -0.2) is 14.4 Å². The van der Waals surface area contributed by atoms with E-state index in [-0.39, 0.29) is 5.82 Å². The number of benzene rings is 2. The van der Waals surface area contributed by atoms with Crippen LogP contribution in [0.2, 0.25) is 0 Å². The number of H-pyrrole nitrogens is 1. The van der Waals surface area contributed by atoms with E-state index in [4.69, 9.17) is 0 Å². The van der Waals surface area contributed by atoms with Crippen molar-refractivity contribution in [3.8, 4) is 11.5 Å². The average molecular weight is 263 g/mol. The number of fused-ring (bicyclic) bond motifs is 2. The first-order valence-corrected chi connectivity index (χ1v) is 6.32. The first-order chi connectivity index (χ1) is 9.81. The molecule has 0 saturated carbocycles. The topological polar surface area (TPSA) is 41.6 Å². The molecule has 96 valence electrons. The van der Waals surface area contributed by atoms with E-state index >= 15 is 0 Å². The van der Waals surface area contributed by atoms with Gasteiger partial charge in [0.1, 0.15) is 11.2 Å². The lowest BCUT2D eigenvalue weighted by Gasteiger charge is -1.99. The van der Waals surface area contributed by atoms with Crippen LogP contribution in [-0.2, 0) is 0 Å².